The number of carbonyl (C=O) groups is 4. The van der Waals surface area contributed by atoms with Crippen LogP contribution in [0.15, 0.2) is 36.4 Å². The van der Waals surface area contributed by atoms with Crippen molar-refractivity contribution >= 4 is 29.4 Å². The Hall–Kier alpha value is -3.52. The van der Waals surface area contributed by atoms with Crippen LogP contribution in [0.4, 0.5) is 10.5 Å². The van der Waals surface area contributed by atoms with Gasteiger partial charge in [0.1, 0.15) is 0 Å². The summed E-state index contributed by atoms with van der Waals surface area (Å²) >= 11 is 0. The minimum absolute atomic E-state index is 0.240. The quantitative estimate of drug-likeness (QED) is 0.661. The predicted octanol–water partition coefficient (Wildman–Crippen LogP) is 2.39. The van der Waals surface area contributed by atoms with Crippen molar-refractivity contribution in [3.63, 3.8) is 0 Å². The molecular weight excluding hydrogens is 396 g/mol. The zero-order valence-electron chi connectivity index (χ0n) is 17.5. The summed E-state index contributed by atoms with van der Waals surface area (Å²) in [6.07, 6.45) is 0.817. The summed E-state index contributed by atoms with van der Waals surface area (Å²) < 4.78 is 0. The van der Waals surface area contributed by atoms with Gasteiger partial charge in [-0.2, -0.15) is 0 Å². The van der Waals surface area contributed by atoms with E-state index in [1.54, 1.807) is 18.2 Å². The van der Waals surface area contributed by atoms with E-state index in [2.05, 4.69) is 16.0 Å². The Labute approximate surface area is 180 Å². The van der Waals surface area contributed by atoms with Gasteiger partial charge in [0.25, 0.3) is 5.91 Å². The summed E-state index contributed by atoms with van der Waals surface area (Å²) in [5.74, 6) is -1.01. The second-order valence-corrected chi connectivity index (χ2v) is 8.06. The van der Waals surface area contributed by atoms with Crippen LogP contribution in [0.2, 0.25) is 0 Å². The Morgan fingerprint density at radius 1 is 1.00 bits per heavy atom. The number of nitrogens with one attached hydrogen (secondary N) is 3. The SMILES string of the molecule is Cc1ccc(NC(=O)NC(=O)c2ccc3c(c2)CN(C2CCC(=O)NC2=O)C3)cc1C. The molecule has 31 heavy (non-hydrogen) atoms. The van der Waals surface area contributed by atoms with Gasteiger partial charge in [-0.05, 0) is 66.8 Å². The number of fused-ring (bicyclic) bond motifs is 1. The summed E-state index contributed by atoms with van der Waals surface area (Å²) in [5, 5.41) is 7.41. The molecule has 0 aromatic heterocycles. The largest absolute Gasteiger partial charge is 0.326 e. The van der Waals surface area contributed by atoms with Crippen LogP contribution >= 0.6 is 0 Å². The molecule has 4 rings (SSSR count). The van der Waals surface area contributed by atoms with Gasteiger partial charge in [-0.3, -0.25) is 29.9 Å². The Balaban J connectivity index is 1.39. The molecule has 1 fully saturated rings. The molecule has 1 saturated heterocycles. The first-order chi connectivity index (χ1) is 14.8. The molecule has 1 atom stereocenters. The molecule has 8 heteroatoms. The summed E-state index contributed by atoms with van der Waals surface area (Å²) in [6, 6.07) is 9.85. The molecule has 8 nitrogen and oxygen atoms in total. The van der Waals surface area contributed by atoms with E-state index >= 15 is 0 Å². The van der Waals surface area contributed by atoms with Crippen molar-refractivity contribution < 1.29 is 19.2 Å². The highest BCUT2D eigenvalue weighted by molar-refractivity contribution is 6.08. The maximum Gasteiger partial charge on any atom is 0.326 e. The van der Waals surface area contributed by atoms with Gasteiger partial charge in [0.05, 0.1) is 6.04 Å². The first kappa shape index (κ1) is 20.7. The molecule has 0 bridgehead atoms. The number of piperidine rings is 1. The number of rotatable bonds is 3. The molecule has 2 aromatic carbocycles. The molecule has 2 heterocycles. The average molecular weight is 420 g/mol. The molecule has 0 saturated carbocycles. The summed E-state index contributed by atoms with van der Waals surface area (Å²) in [6.45, 7) is 5.03. The molecule has 2 aliphatic heterocycles. The molecule has 160 valence electrons. The summed E-state index contributed by atoms with van der Waals surface area (Å²) in [5.41, 5.74) is 5.11. The number of hydrogen-bond acceptors (Lipinski definition) is 5. The van der Waals surface area contributed by atoms with Crippen molar-refractivity contribution in [3.8, 4) is 0 Å². The van der Waals surface area contributed by atoms with E-state index in [4.69, 9.17) is 0 Å². The van der Waals surface area contributed by atoms with Crippen LogP contribution < -0.4 is 16.0 Å². The number of carbonyl (C=O) groups excluding carboxylic acids is 4. The van der Waals surface area contributed by atoms with Gasteiger partial charge in [-0.25, -0.2) is 4.79 Å². The minimum Gasteiger partial charge on any atom is -0.308 e. The number of benzene rings is 2. The van der Waals surface area contributed by atoms with Crippen LogP contribution in [0.5, 0.6) is 0 Å². The Morgan fingerprint density at radius 2 is 1.77 bits per heavy atom. The molecule has 1 unspecified atom stereocenters. The first-order valence-electron chi connectivity index (χ1n) is 10.2. The molecule has 0 aliphatic carbocycles. The van der Waals surface area contributed by atoms with E-state index < -0.39 is 11.9 Å². The molecule has 2 aromatic rings. The van der Waals surface area contributed by atoms with Crippen molar-refractivity contribution in [3.05, 3.63) is 64.2 Å². The maximum atomic E-state index is 12.6. The van der Waals surface area contributed by atoms with Gasteiger partial charge < -0.3 is 5.32 Å². The molecule has 5 amide bonds. The van der Waals surface area contributed by atoms with E-state index in [1.165, 1.54) is 0 Å². The van der Waals surface area contributed by atoms with Gasteiger partial charge in [0.2, 0.25) is 11.8 Å². The fourth-order valence-electron chi connectivity index (χ4n) is 3.97. The fraction of sp³-hybridized carbons (Fsp3) is 0.304. The highest BCUT2D eigenvalue weighted by atomic mass is 16.2. The lowest BCUT2D eigenvalue weighted by Gasteiger charge is -2.29. The number of imide groups is 2. The van der Waals surface area contributed by atoms with E-state index in [0.29, 0.717) is 37.2 Å². The third kappa shape index (κ3) is 4.49. The van der Waals surface area contributed by atoms with Crippen molar-refractivity contribution in [2.45, 2.75) is 45.8 Å². The molecule has 0 radical (unpaired) electrons. The van der Waals surface area contributed by atoms with Crippen LogP contribution in [0, 0.1) is 13.8 Å². The van der Waals surface area contributed by atoms with Gasteiger partial charge in [0, 0.05) is 30.8 Å². The number of aryl methyl sites for hydroxylation is 2. The van der Waals surface area contributed by atoms with Gasteiger partial charge in [-0.15, -0.1) is 0 Å². The Bertz CT molecular complexity index is 1090. The minimum atomic E-state index is -0.598. The Kier molecular flexibility index (Phi) is 5.56. The zero-order chi connectivity index (χ0) is 22.1. The summed E-state index contributed by atoms with van der Waals surface area (Å²) in [4.78, 5) is 50.3. The summed E-state index contributed by atoms with van der Waals surface area (Å²) in [7, 11) is 0. The number of nitrogens with zero attached hydrogens (tertiary/aromatic N) is 1. The van der Waals surface area contributed by atoms with Crippen LogP contribution in [-0.4, -0.2) is 34.7 Å². The van der Waals surface area contributed by atoms with Crippen LogP contribution in [0.3, 0.4) is 0 Å². The normalized spacial score (nSPS) is 18.3. The van der Waals surface area contributed by atoms with Crippen molar-refractivity contribution in [2.24, 2.45) is 0 Å². The second kappa shape index (κ2) is 8.31. The lowest BCUT2D eigenvalue weighted by Crippen LogP contribution is -2.50. The van der Waals surface area contributed by atoms with Gasteiger partial charge in [0.15, 0.2) is 0 Å². The molecule has 2 aliphatic rings. The van der Waals surface area contributed by atoms with Crippen molar-refractivity contribution in [1.29, 1.82) is 0 Å². The maximum absolute atomic E-state index is 12.6. The molecule has 0 spiro atoms. The fourth-order valence-corrected chi connectivity index (χ4v) is 3.97. The molecule has 3 N–H and O–H groups in total. The van der Waals surface area contributed by atoms with Crippen LogP contribution in [0.1, 0.15) is 45.5 Å². The topological polar surface area (TPSA) is 108 Å². The monoisotopic (exact) mass is 420 g/mol. The molecular formula is C23H24N4O4. The smallest absolute Gasteiger partial charge is 0.308 e. The predicted molar refractivity (Wildman–Crippen MR) is 114 cm³/mol. The average Bonchev–Trinajstić information content (AvgIpc) is 3.13. The van der Waals surface area contributed by atoms with Crippen molar-refractivity contribution in [2.75, 3.05) is 5.32 Å². The van der Waals surface area contributed by atoms with Crippen LogP contribution in [-0.2, 0) is 22.7 Å². The standard InChI is InChI=1S/C23H24N4O4/c1-13-3-6-18(9-14(13)2)24-23(31)26-21(29)15-4-5-16-11-27(12-17(16)10-15)19-7-8-20(28)25-22(19)30/h3-6,9-10,19H,7-8,11-12H2,1-2H3,(H,25,28,30)(H2,24,26,29,31). The van der Waals surface area contributed by atoms with Gasteiger partial charge >= 0.3 is 6.03 Å². The third-order valence-electron chi connectivity index (χ3n) is 5.86. The zero-order valence-corrected chi connectivity index (χ0v) is 17.5. The lowest BCUT2D eigenvalue weighted by atomic mass is 10.0. The number of urea groups is 1. The Morgan fingerprint density at radius 3 is 2.52 bits per heavy atom. The highest BCUT2D eigenvalue weighted by Crippen LogP contribution is 2.28. The van der Waals surface area contributed by atoms with E-state index in [-0.39, 0.29) is 17.9 Å². The second-order valence-electron chi connectivity index (χ2n) is 8.06. The van der Waals surface area contributed by atoms with E-state index in [0.717, 1.165) is 22.3 Å². The van der Waals surface area contributed by atoms with Gasteiger partial charge in [-0.1, -0.05) is 12.1 Å². The van der Waals surface area contributed by atoms with E-state index in [9.17, 15) is 19.2 Å². The highest BCUT2D eigenvalue weighted by Gasteiger charge is 2.34. The number of anilines is 1. The first-order valence-corrected chi connectivity index (χ1v) is 10.2. The van der Waals surface area contributed by atoms with Crippen molar-refractivity contribution in [1.82, 2.24) is 15.5 Å². The number of amides is 5. The lowest BCUT2D eigenvalue weighted by molar-refractivity contribution is -0.137. The number of hydrogen-bond donors (Lipinski definition) is 3. The van der Waals surface area contributed by atoms with E-state index in [1.807, 2.05) is 36.9 Å². The third-order valence-corrected chi connectivity index (χ3v) is 5.86. The van der Waals surface area contributed by atoms with Crippen LogP contribution in [0.25, 0.3) is 0 Å².